The second-order valence-electron chi connectivity index (χ2n) is 5.67. The Morgan fingerprint density at radius 3 is 2.50 bits per heavy atom. The number of rotatable bonds is 7. The van der Waals surface area contributed by atoms with Gasteiger partial charge in [0, 0.05) is 25.9 Å². The molecule has 1 aromatic carbocycles. The van der Waals surface area contributed by atoms with Crippen LogP contribution >= 0.6 is 11.3 Å². The first-order chi connectivity index (χ1) is 11.3. The molecular weight excluding hydrogens is 346 g/mol. The molecule has 0 aliphatic rings. The van der Waals surface area contributed by atoms with Gasteiger partial charge in [0.05, 0.1) is 22.9 Å². The van der Waals surface area contributed by atoms with Crippen LogP contribution in [0, 0.1) is 6.92 Å². The van der Waals surface area contributed by atoms with Crippen LogP contribution in [0.5, 0.6) is 0 Å². The molecule has 0 fully saturated rings. The minimum absolute atomic E-state index is 0.0686. The average molecular weight is 367 g/mol. The SMILES string of the molecule is Cc1ccc(S(=O)(=O)CCC(=O)NCc2csc(N(C)C)n2)cc1. The van der Waals surface area contributed by atoms with Gasteiger partial charge in [-0.25, -0.2) is 13.4 Å². The molecule has 0 saturated heterocycles. The Bertz CT molecular complexity index is 796. The third kappa shape index (κ3) is 5.04. The van der Waals surface area contributed by atoms with E-state index in [4.69, 9.17) is 0 Å². The Labute approximate surface area is 146 Å². The van der Waals surface area contributed by atoms with E-state index in [9.17, 15) is 13.2 Å². The Morgan fingerprint density at radius 2 is 1.92 bits per heavy atom. The molecule has 0 atom stereocenters. The number of sulfone groups is 1. The van der Waals surface area contributed by atoms with E-state index in [0.717, 1.165) is 16.4 Å². The molecule has 0 aliphatic heterocycles. The van der Waals surface area contributed by atoms with Crippen LogP contribution in [0.25, 0.3) is 0 Å². The molecule has 0 spiro atoms. The number of hydrogen-bond donors (Lipinski definition) is 1. The highest BCUT2D eigenvalue weighted by Crippen LogP contribution is 2.17. The molecular formula is C16H21N3O3S2. The van der Waals surface area contributed by atoms with Crippen molar-refractivity contribution in [1.29, 1.82) is 0 Å². The lowest BCUT2D eigenvalue weighted by atomic mass is 10.2. The number of thiazole rings is 1. The van der Waals surface area contributed by atoms with Crippen LogP contribution < -0.4 is 10.2 Å². The number of amides is 1. The number of anilines is 1. The second kappa shape index (κ2) is 7.76. The first-order valence-electron chi connectivity index (χ1n) is 7.46. The van der Waals surface area contributed by atoms with Gasteiger partial charge in [-0.3, -0.25) is 4.79 Å². The van der Waals surface area contributed by atoms with E-state index >= 15 is 0 Å². The molecule has 0 saturated carbocycles. The van der Waals surface area contributed by atoms with E-state index in [0.29, 0.717) is 6.54 Å². The number of carbonyl (C=O) groups is 1. The number of benzene rings is 1. The summed E-state index contributed by atoms with van der Waals surface area (Å²) in [6.07, 6.45) is -0.0686. The number of nitrogens with zero attached hydrogens (tertiary/aromatic N) is 2. The van der Waals surface area contributed by atoms with Gasteiger partial charge < -0.3 is 10.2 Å². The van der Waals surface area contributed by atoms with Gasteiger partial charge in [-0.05, 0) is 19.1 Å². The van der Waals surface area contributed by atoms with Crippen LogP contribution in [0.4, 0.5) is 5.13 Å². The van der Waals surface area contributed by atoms with Crippen LogP contribution in [0.3, 0.4) is 0 Å². The largest absolute Gasteiger partial charge is 0.354 e. The normalized spacial score (nSPS) is 11.3. The topological polar surface area (TPSA) is 79.4 Å². The van der Waals surface area contributed by atoms with Gasteiger partial charge in [0.1, 0.15) is 0 Å². The van der Waals surface area contributed by atoms with E-state index in [1.54, 1.807) is 24.3 Å². The zero-order valence-corrected chi connectivity index (χ0v) is 15.6. The maximum absolute atomic E-state index is 12.2. The number of hydrogen-bond acceptors (Lipinski definition) is 6. The summed E-state index contributed by atoms with van der Waals surface area (Å²) in [7, 11) is 0.357. The molecule has 1 heterocycles. The highest BCUT2D eigenvalue weighted by molar-refractivity contribution is 7.91. The molecule has 0 bridgehead atoms. The summed E-state index contributed by atoms with van der Waals surface area (Å²) < 4.78 is 24.4. The van der Waals surface area contributed by atoms with Gasteiger partial charge in [-0.1, -0.05) is 17.7 Å². The summed E-state index contributed by atoms with van der Waals surface area (Å²) in [6.45, 7) is 2.19. The van der Waals surface area contributed by atoms with Crippen LogP contribution in [0.1, 0.15) is 17.7 Å². The Kier molecular flexibility index (Phi) is 5.95. The third-order valence-corrected chi connectivity index (χ3v) is 6.16. The molecule has 1 aromatic heterocycles. The monoisotopic (exact) mass is 367 g/mol. The van der Waals surface area contributed by atoms with Gasteiger partial charge in [0.15, 0.2) is 15.0 Å². The minimum atomic E-state index is -3.44. The fraction of sp³-hybridized carbons (Fsp3) is 0.375. The maximum Gasteiger partial charge on any atom is 0.221 e. The van der Waals surface area contributed by atoms with E-state index in [-0.39, 0.29) is 23.0 Å². The first kappa shape index (κ1) is 18.4. The summed E-state index contributed by atoms with van der Waals surface area (Å²) in [4.78, 5) is 18.4. The Morgan fingerprint density at radius 1 is 1.25 bits per heavy atom. The van der Waals surface area contributed by atoms with Crippen LogP contribution in [-0.4, -0.2) is 39.2 Å². The molecule has 8 heteroatoms. The second-order valence-corrected chi connectivity index (χ2v) is 8.62. The molecule has 130 valence electrons. The van der Waals surface area contributed by atoms with E-state index in [1.807, 2.05) is 31.3 Å². The molecule has 1 amide bonds. The molecule has 2 rings (SSSR count). The van der Waals surface area contributed by atoms with Gasteiger partial charge in [0.2, 0.25) is 5.91 Å². The van der Waals surface area contributed by atoms with Gasteiger partial charge in [-0.15, -0.1) is 11.3 Å². The highest BCUT2D eigenvalue weighted by Gasteiger charge is 2.16. The predicted molar refractivity (Wildman–Crippen MR) is 96.1 cm³/mol. The van der Waals surface area contributed by atoms with E-state index in [1.165, 1.54) is 11.3 Å². The van der Waals surface area contributed by atoms with Crippen molar-refractivity contribution in [3.63, 3.8) is 0 Å². The van der Waals surface area contributed by atoms with Crippen LogP contribution in [0.2, 0.25) is 0 Å². The molecule has 0 aliphatic carbocycles. The summed E-state index contributed by atoms with van der Waals surface area (Å²) >= 11 is 1.49. The van der Waals surface area contributed by atoms with Crippen molar-refractivity contribution in [2.75, 3.05) is 24.7 Å². The smallest absolute Gasteiger partial charge is 0.221 e. The van der Waals surface area contributed by atoms with E-state index in [2.05, 4.69) is 10.3 Å². The van der Waals surface area contributed by atoms with Crippen LogP contribution in [0.15, 0.2) is 34.5 Å². The molecule has 2 aromatic rings. The fourth-order valence-electron chi connectivity index (χ4n) is 1.95. The number of aromatic nitrogens is 1. The van der Waals surface area contributed by atoms with Crippen molar-refractivity contribution in [2.24, 2.45) is 0 Å². The van der Waals surface area contributed by atoms with E-state index < -0.39 is 9.84 Å². The standard InChI is InChI=1S/C16H21N3O3S2/c1-12-4-6-14(7-5-12)24(21,22)9-8-15(20)17-10-13-11-23-16(18-13)19(2)3/h4-7,11H,8-10H2,1-3H3,(H,17,20). The van der Waals surface area contributed by atoms with Gasteiger partial charge in [-0.2, -0.15) is 0 Å². The lowest BCUT2D eigenvalue weighted by Gasteiger charge is -2.07. The van der Waals surface area contributed by atoms with Crippen molar-refractivity contribution < 1.29 is 13.2 Å². The molecule has 0 unspecified atom stereocenters. The number of nitrogens with one attached hydrogen (secondary N) is 1. The first-order valence-corrected chi connectivity index (χ1v) is 9.99. The van der Waals surface area contributed by atoms with Crippen molar-refractivity contribution >= 4 is 32.2 Å². The highest BCUT2D eigenvalue weighted by atomic mass is 32.2. The Hall–Kier alpha value is -1.93. The van der Waals surface area contributed by atoms with Crippen molar-refractivity contribution in [2.45, 2.75) is 24.8 Å². The molecule has 1 N–H and O–H groups in total. The summed E-state index contributed by atoms with van der Waals surface area (Å²) in [5, 5.41) is 5.44. The minimum Gasteiger partial charge on any atom is -0.354 e. The van der Waals surface area contributed by atoms with Crippen molar-refractivity contribution in [3.8, 4) is 0 Å². The van der Waals surface area contributed by atoms with Crippen LogP contribution in [-0.2, 0) is 21.2 Å². The summed E-state index contributed by atoms with van der Waals surface area (Å²) in [5.41, 5.74) is 1.76. The quantitative estimate of drug-likeness (QED) is 0.810. The zero-order valence-electron chi connectivity index (χ0n) is 13.9. The lowest BCUT2D eigenvalue weighted by Crippen LogP contribution is -2.25. The predicted octanol–water partition coefficient (Wildman–Crippen LogP) is 2.00. The van der Waals surface area contributed by atoms with Gasteiger partial charge in [0.25, 0.3) is 0 Å². The summed E-state index contributed by atoms with van der Waals surface area (Å²) in [6, 6.07) is 6.64. The molecule has 6 nitrogen and oxygen atoms in total. The maximum atomic E-state index is 12.2. The van der Waals surface area contributed by atoms with Crippen molar-refractivity contribution in [1.82, 2.24) is 10.3 Å². The Balaban J connectivity index is 1.85. The summed E-state index contributed by atoms with van der Waals surface area (Å²) in [5.74, 6) is -0.507. The van der Waals surface area contributed by atoms with Crippen molar-refractivity contribution in [3.05, 3.63) is 40.9 Å². The fourth-order valence-corrected chi connectivity index (χ4v) is 3.95. The lowest BCUT2D eigenvalue weighted by molar-refractivity contribution is -0.120. The number of aryl methyl sites for hydroxylation is 1. The third-order valence-electron chi connectivity index (χ3n) is 3.37. The zero-order chi connectivity index (χ0) is 17.7. The van der Waals surface area contributed by atoms with Gasteiger partial charge >= 0.3 is 0 Å². The average Bonchev–Trinajstić information content (AvgIpc) is 3.01. The number of carbonyl (C=O) groups excluding carboxylic acids is 1. The molecule has 0 radical (unpaired) electrons. The molecule has 24 heavy (non-hydrogen) atoms.